The van der Waals surface area contributed by atoms with Gasteiger partial charge in [0.25, 0.3) is 5.56 Å². The maximum Gasteiger partial charge on any atom is 0.341 e. The van der Waals surface area contributed by atoms with E-state index < -0.39 is 12.6 Å². The monoisotopic (exact) mass is 337 g/mol. The molecule has 0 amide bonds. The van der Waals surface area contributed by atoms with Crippen molar-refractivity contribution >= 4 is 23.1 Å². The van der Waals surface area contributed by atoms with Crippen LogP contribution in [0.1, 0.15) is 11.4 Å². The third-order valence-corrected chi connectivity index (χ3v) is 3.48. The van der Waals surface area contributed by atoms with Gasteiger partial charge in [-0.2, -0.15) is 9.78 Å². The number of nitrogens with zero attached hydrogens (tertiary/aromatic N) is 3. The lowest BCUT2D eigenvalue weighted by Gasteiger charge is -2.05. The molecule has 0 atom stereocenters. The second-order valence-electron chi connectivity index (χ2n) is 5.29. The summed E-state index contributed by atoms with van der Waals surface area (Å²) in [5.41, 5.74) is 1.14. The Kier molecular flexibility index (Phi) is 4.56. The van der Waals surface area contributed by atoms with E-state index in [1.807, 2.05) is 6.07 Å². The summed E-state index contributed by atoms with van der Waals surface area (Å²) >= 11 is 0. The Morgan fingerprint density at radius 2 is 1.96 bits per heavy atom. The van der Waals surface area contributed by atoms with Gasteiger partial charge < -0.3 is 9.84 Å². The van der Waals surface area contributed by atoms with Crippen molar-refractivity contribution in [1.29, 1.82) is 0 Å². The van der Waals surface area contributed by atoms with E-state index in [-0.39, 0.29) is 5.56 Å². The maximum absolute atomic E-state index is 12.5. The van der Waals surface area contributed by atoms with Crippen molar-refractivity contribution in [1.82, 2.24) is 9.66 Å². The molecule has 7 nitrogen and oxygen atoms in total. The predicted octanol–water partition coefficient (Wildman–Crippen LogP) is 2.05. The number of carboxylic acids is 1. The fourth-order valence-electron chi connectivity index (χ4n) is 2.29. The lowest BCUT2D eigenvalue weighted by atomic mass is 10.2. The predicted molar refractivity (Wildman–Crippen MR) is 93.3 cm³/mol. The summed E-state index contributed by atoms with van der Waals surface area (Å²) in [6.07, 6.45) is 1.53. The normalized spacial score (nSPS) is 11.1. The first-order chi connectivity index (χ1) is 12.0. The highest BCUT2D eigenvalue weighted by atomic mass is 16.5. The molecule has 25 heavy (non-hydrogen) atoms. The summed E-state index contributed by atoms with van der Waals surface area (Å²) in [4.78, 5) is 27.4. The quantitative estimate of drug-likeness (QED) is 0.719. The van der Waals surface area contributed by atoms with E-state index in [0.717, 1.165) is 5.56 Å². The van der Waals surface area contributed by atoms with Gasteiger partial charge in [-0.25, -0.2) is 9.78 Å². The molecule has 0 saturated carbocycles. The zero-order valence-corrected chi connectivity index (χ0v) is 13.4. The maximum atomic E-state index is 12.5. The average molecular weight is 337 g/mol. The molecule has 7 heteroatoms. The first kappa shape index (κ1) is 16.4. The summed E-state index contributed by atoms with van der Waals surface area (Å²) in [5.74, 6) is -0.106. The summed E-state index contributed by atoms with van der Waals surface area (Å²) in [7, 11) is 0. The van der Waals surface area contributed by atoms with Crippen molar-refractivity contribution in [3.8, 4) is 5.75 Å². The highest BCUT2D eigenvalue weighted by Gasteiger charge is 2.06. The minimum Gasteiger partial charge on any atom is -0.482 e. The second-order valence-corrected chi connectivity index (χ2v) is 5.29. The molecule has 3 aromatic rings. The van der Waals surface area contributed by atoms with Crippen LogP contribution in [-0.2, 0) is 4.79 Å². The fraction of sp³-hybridized carbons (Fsp3) is 0.111. The van der Waals surface area contributed by atoms with Gasteiger partial charge in [0, 0.05) is 0 Å². The Morgan fingerprint density at radius 1 is 1.24 bits per heavy atom. The molecule has 0 aliphatic heterocycles. The molecule has 2 aromatic carbocycles. The molecule has 0 fully saturated rings. The van der Waals surface area contributed by atoms with Crippen molar-refractivity contribution in [3.05, 3.63) is 70.3 Å². The molecule has 3 rings (SSSR count). The number of benzene rings is 2. The Labute approximate surface area is 142 Å². The lowest BCUT2D eigenvalue weighted by Crippen LogP contribution is -2.20. The Hall–Kier alpha value is -3.48. The molecule has 126 valence electrons. The molecule has 0 saturated heterocycles. The van der Waals surface area contributed by atoms with Gasteiger partial charge in [-0.05, 0) is 48.9 Å². The van der Waals surface area contributed by atoms with Crippen molar-refractivity contribution in [2.75, 3.05) is 6.61 Å². The van der Waals surface area contributed by atoms with E-state index in [1.54, 1.807) is 49.4 Å². The number of hydrogen-bond acceptors (Lipinski definition) is 5. The molecule has 0 radical (unpaired) electrons. The topological polar surface area (TPSA) is 93.8 Å². The fourth-order valence-corrected chi connectivity index (χ4v) is 2.29. The van der Waals surface area contributed by atoms with Crippen LogP contribution in [0.15, 0.2) is 58.4 Å². The molecule has 1 aromatic heterocycles. The van der Waals surface area contributed by atoms with Gasteiger partial charge in [-0.15, -0.1) is 0 Å². The van der Waals surface area contributed by atoms with Gasteiger partial charge in [0.05, 0.1) is 17.1 Å². The van der Waals surface area contributed by atoms with Crippen LogP contribution < -0.4 is 10.3 Å². The molecule has 0 spiro atoms. The smallest absolute Gasteiger partial charge is 0.341 e. The zero-order chi connectivity index (χ0) is 17.8. The summed E-state index contributed by atoms with van der Waals surface area (Å²) < 4.78 is 6.31. The number of ether oxygens (including phenoxy) is 1. The van der Waals surface area contributed by atoms with Gasteiger partial charge in [-0.1, -0.05) is 12.1 Å². The largest absolute Gasteiger partial charge is 0.482 e. The standard InChI is InChI=1S/C18H15N3O4/c1-12-20-16-5-3-2-4-15(16)18(24)21(12)19-10-13-6-8-14(9-7-13)25-11-17(22)23/h2-10H,11H2,1H3,(H,22,23)/b19-10+. The lowest BCUT2D eigenvalue weighted by molar-refractivity contribution is -0.139. The van der Waals surface area contributed by atoms with Crippen LogP contribution in [0.2, 0.25) is 0 Å². The van der Waals surface area contributed by atoms with Gasteiger partial charge in [-0.3, -0.25) is 4.79 Å². The summed E-state index contributed by atoms with van der Waals surface area (Å²) in [5, 5.41) is 13.3. The first-order valence-corrected chi connectivity index (χ1v) is 7.52. The van der Waals surface area contributed by atoms with Crippen molar-refractivity contribution < 1.29 is 14.6 Å². The number of fused-ring (bicyclic) bond motifs is 1. The zero-order valence-electron chi connectivity index (χ0n) is 13.4. The molecule has 0 unspecified atom stereocenters. The number of aromatic nitrogens is 2. The Bertz CT molecular complexity index is 1010. The van der Waals surface area contributed by atoms with E-state index in [2.05, 4.69) is 10.1 Å². The molecule has 0 aliphatic rings. The minimum atomic E-state index is -1.04. The number of rotatable bonds is 5. The molecule has 0 bridgehead atoms. The van der Waals surface area contributed by atoms with Crippen LogP contribution in [0, 0.1) is 6.92 Å². The van der Waals surface area contributed by atoms with Crippen LogP contribution >= 0.6 is 0 Å². The van der Waals surface area contributed by atoms with E-state index >= 15 is 0 Å². The number of aliphatic carboxylic acids is 1. The van der Waals surface area contributed by atoms with Crippen LogP contribution in [0.4, 0.5) is 0 Å². The number of aryl methyl sites for hydroxylation is 1. The van der Waals surface area contributed by atoms with Gasteiger partial charge in [0.15, 0.2) is 6.61 Å². The van der Waals surface area contributed by atoms with E-state index in [9.17, 15) is 9.59 Å². The number of carbonyl (C=O) groups is 1. The van der Waals surface area contributed by atoms with Gasteiger partial charge >= 0.3 is 5.97 Å². The highest BCUT2D eigenvalue weighted by Crippen LogP contribution is 2.11. The molecular formula is C18H15N3O4. The highest BCUT2D eigenvalue weighted by molar-refractivity contribution is 5.80. The van der Waals surface area contributed by atoms with Crippen LogP contribution in [-0.4, -0.2) is 33.6 Å². The van der Waals surface area contributed by atoms with Crippen LogP contribution in [0.25, 0.3) is 10.9 Å². The van der Waals surface area contributed by atoms with Crippen molar-refractivity contribution in [2.24, 2.45) is 5.10 Å². The second kappa shape index (κ2) is 6.96. The third kappa shape index (κ3) is 3.72. The Balaban J connectivity index is 1.86. The average Bonchev–Trinajstić information content (AvgIpc) is 2.60. The molecule has 1 heterocycles. The molecular weight excluding hydrogens is 322 g/mol. The summed E-state index contributed by atoms with van der Waals surface area (Å²) in [6.45, 7) is 1.32. The molecule has 0 aliphatic carbocycles. The van der Waals surface area contributed by atoms with Gasteiger partial charge in [0.2, 0.25) is 0 Å². The van der Waals surface area contributed by atoms with Crippen LogP contribution in [0.5, 0.6) is 5.75 Å². The molecule has 1 N–H and O–H groups in total. The van der Waals surface area contributed by atoms with E-state index in [0.29, 0.717) is 22.5 Å². The van der Waals surface area contributed by atoms with Gasteiger partial charge in [0.1, 0.15) is 11.6 Å². The Morgan fingerprint density at radius 3 is 2.68 bits per heavy atom. The number of para-hydroxylation sites is 1. The van der Waals surface area contributed by atoms with E-state index in [1.165, 1.54) is 10.9 Å². The van der Waals surface area contributed by atoms with Crippen molar-refractivity contribution in [3.63, 3.8) is 0 Å². The van der Waals surface area contributed by atoms with E-state index in [4.69, 9.17) is 9.84 Å². The minimum absolute atomic E-state index is 0.235. The number of carboxylic acid groups (broad SMARTS) is 1. The third-order valence-electron chi connectivity index (χ3n) is 3.48. The summed E-state index contributed by atoms with van der Waals surface area (Å²) in [6, 6.07) is 13.8. The van der Waals surface area contributed by atoms with Crippen molar-refractivity contribution in [2.45, 2.75) is 6.92 Å². The number of hydrogen-bond donors (Lipinski definition) is 1. The SMILES string of the molecule is Cc1nc2ccccc2c(=O)n1/N=C/c1ccc(OCC(=O)O)cc1. The van der Waals surface area contributed by atoms with Crippen LogP contribution in [0.3, 0.4) is 0 Å². The first-order valence-electron chi connectivity index (χ1n) is 7.52.